The molecule has 1 atom stereocenters. The quantitative estimate of drug-likeness (QED) is 0.621. The van der Waals surface area contributed by atoms with Gasteiger partial charge in [-0.25, -0.2) is 0 Å². The number of carbonyl (C=O) groups is 1. The summed E-state index contributed by atoms with van der Waals surface area (Å²) in [6, 6.07) is 14.3. The fourth-order valence-electron chi connectivity index (χ4n) is 2.58. The Morgan fingerprint density at radius 3 is 2.83 bits per heavy atom. The highest BCUT2D eigenvalue weighted by molar-refractivity contribution is 6.61. The monoisotopic (exact) mass is 311 g/mol. The van der Waals surface area contributed by atoms with Gasteiger partial charge in [0.1, 0.15) is 12.6 Å². The molecule has 0 saturated carbocycles. The zero-order valence-electron chi connectivity index (χ0n) is 12.6. The molecule has 0 spiro atoms. The molecule has 23 heavy (non-hydrogen) atoms. The van der Waals surface area contributed by atoms with Crippen LogP contribution in [0.25, 0.3) is 0 Å². The fourth-order valence-corrected chi connectivity index (χ4v) is 2.58. The highest BCUT2D eigenvalue weighted by Crippen LogP contribution is 2.13. The van der Waals surface area contributed by atoms with Crippen molar-refractivity contribution in [3.8, 4) is 0 Å². The van der Waals surface area contributed by atoms with E-state index in [1.807, 2.05) is 48.5 Å². The zero-order chi connectivity index (χ0) is 16.2. The number of carbonyl (C=O) groups excluding carboxylic acids is 1. The van der Waals surface area contributed by atoms with Gasteiger partial charge < -0.3 is 20.1 Å². The Morgan fingerprint density at radius 1 is 1.26 bits per heavy atom. The molecule has 1 unspecified atom stereocenters. The van der Waals surface area contributed by atoms with Gasteiger partial charge in [-0.05, 0) is 28.6 Å². The summed E-state index contributed by atoms with van der Waals surface area (Å²) in [6.45, 7) is 0.593. The number of hydrogen-bond donors (Lipinski definition) is 2. The summed E-state index contributed by atoms with van der Waals surface area (Å²) in [4.78, 5) is 12.0. The van der Waals surface area contributed by atoms with Crippen molar-refractivity contribution < 1.29 is 19.2 Å². The Bertz CT molecular complexity index is 692. The number of benzene rings is 2. The van der Waals surface area contributed by atoms with Crippen LogP contribution in [0.15, 0.2) is 48.5 Å². The van der Waals surface area contributed by atoms with Crippen LogP contribution in [0, 0.1) is 0 Å². The molecule has 1 aliphatic heterocycles. The van der Waals surface area contributed by atoms with Crippen LogP contribution in [-0.4, -0.2) is 24.2 Å². The molecule has 1 heterocycles. The van der Waals surface area contributed by atoms with Gasteiger partial charge in [0.05, 0.1) is 6.61 Å². The van der Waals surface area contributed by atoms with E-state index < -0.39 is 19.1 Å². The maximum Gasteiger partial charge on any atom is 0.491 e. The molecule has 3 N–H and O–H groups in total. The standard InChI is InChI=1S/C17H18BNO4/c19-16(17(20)22-10-12-4-2-1-3-5-12)9-13-6-7-15-14(8-13)11-23-18(15)21/h1-8,16,21H,9-11,19H2. The van der Waals surface area contributed by atoms with E-state index in [0.717, 1.165) is 22.2 Å². The van der Waals surface area contributed by atoms with Crippen LogP contribution >= 0.6 is 0 Å². The lowest BCUT2D eigenvalue weighted by Crippen LogP contribution is -2.34. The lowest BCUT2D eigenvalue weighted by Gasteiger charge is -2.12. The second kappa shape index (κ2) is 6.96. The minimum absolute atomic E-state index is 0.220. The van der Waals surface area contributed by atoms with Gasteiger partial charge in [-0.1, -0.05) is 48.5 Å². The van der Waals surface area contributed by atoms with Gasteiger partial charge in [-0.15, -0.1) is 0 Å². The van der Waals surface area contributed by atoms with Crippen molar-refractivity contribution in [3.63, 3.8) is 0 Å². The number of esters is 1. The first kappa shape index (κ1) is 15.7. The average molecular weight is 311 g/mol. The first-order valence-electron chi connectivity index (χ1n) is 7.51. The van der Waals surface area contributed by atoms with Crippen molar-refractivity contribution >= 4 is 18.6 Å². The Morgan fingerprint density at radius 2 is 2.04 bits per heavy atom. The summed E-state index contributed by atoms with van der Waals surface area (Å²) >= 11 is 0. The Labute approximate surface area is 135 Å². The normalized spacial score (nSPS) is 14.4. The highest BCUT2D eigenvalue weighted by Gasteiger charge is 2.27. The molecule has 5 nitrogen and oxygen atoms in total. The van der Waals surface area contributed by atoms with Crippen molar-refractivity contribution in [1.82, 2.24) is 0 Å². The summed E-state index contributed by atoms with van der Waals surface area (Å²) in [6.07, 6.45) is 0.386. The van der Waals surface area contributed by atoms with Gasteiger partial charge in [-0.3, -0.25) is 4.79 Å². The molecule has 0 bridgehead atoms. The van der Waals surface area contributed by atoms with Crippen molar-refractivity contribution in [2.75, 3.05) is 0 Å². The maximum atomic E-state index is 12.0. The van der Waals surface area contributed by atoms with E-state index in [0.29, 0.717) is 13.0 Å². The van der Waals surface area contributed by atoms with Crippen LogP contribution in [0.2, 0.25) is 0 Å². The van der Waals surface area contributed by atoms with Gasteiger partial charge in [0.2, 0.25) is 0 Å². The van der Waals surface area contributed by atoms with Gasteiger partial charge in [-0.2, -0.15) is 0 Å². The molecule has 0 saturated heterocycles. The molecular formula is C17H18BNO4. The van der Waals surface area contributed by atoms with Gasteiger partial charge in [0.25, 0.3) is 0 Å². The topological polar surface area (TPSA) is 81.8 Å². The summed E-state index contributed by atoms with van der Waals surface area (Å²) in [5.41, 5.74) is 9.48. The number of hydrogen-bond acceptors (Lipinski definition) is 5. The molecule has 1 aliphatic rings. The predicted octanol–water partition coefficient (Wildman–Crippen LogP) is 0.517. The van der Waals surface area contributed by atoms with Crippen LogP contribution < -0.4 is 11.2 Å². The molecule has 3 rings (SSSR count). The van der Waals surface area contributed by atoms with Crippen LogP contribution in [0.4, 0.5) is 0 Å². The van der Waals surface area contributed by atoms with E-state index in [9.17, 15) is 9.82 Å². The van der Waals surface area contributed by atoms with E-state index in [2.05, 4.69) is 0 Å². The summed E-state index contributed by atoms with van der Waals surface area (Å²) < 4.78 is 10.4. The lowest BCUT2D eigenvalue weighted by molar-refractivity contribution is -0.146. The van der Waals surface area contributed by atoms with Crippen molar-refractivity contribution in [3.05, 3.63) is 65.2 Å². The molecule has 0 fully saturated rings. The molecule has 2 aromatic carbocycles. The average Bonchev–Trinajstić information content (AvgIpc) is 2.94. The van der Waals surface area contributed by atoms with E-state index in [-0.39, 0.29) is 6.61 Å². The Hall–Kier alpha value is -2.15. The SMILES string of the molecule is NC(Cc1ccc2c(c1)COB2O)C(=O)OCc1ccccc1. The van der Waals surface area contributed by atoms with Crippen LogP contribution in [0.1, 0.15) is 16.7 Å². The minimum atomic E-state index is -0.858. The molecule has 0 aliphatic carbocycles. The zero-order valence-corrected chi connectivity index (χ0v) is 12.6. The predicted molar refractivity (Wildman–Crippen MR) is 86.8 cm³/mol. The van der Waals surface area contributed by atoms with Crippen LogP contribution in [0.3, 0.4) is 0 Å². The molecule has 2 aromatic rings. The van der Waals surface area contributed by atoms with Gasteiger partial charge in [0.15, 0.2) is 0 Å². The summed E-state index contributed by atoms with van der Waals surface area (Å²) in [5, 5.41) is 9.60. The van der Waals surface area contributed by atoms with Crippen molar-refractivity contribution in [1.29, 1.82) is 0 Å². The summed E-state index contributed by atoms with van der Waals surface area (Å²) in [7, 11) is -0.858. The third-order valence-electron chi connectivity index (χ3n) is 3.85. The Kier molecular flexibility index (Phi) is 4.76. The largest absolute Gasteiger partial charge is 0.491 e. The van der Waals surface area contributed by atoms with Gasteiger partial charge >= 0.3 is 13.1 Å². The number of nitrogens with two attached hydrogens (primary N) is 1. The maximum absolute atomic E-state index is 12.0. The number of fused-ring (bicyclic) bond motifs is 1. The smallest absolute Gasteiger partial charge is 0.460 e. The van der Waals surface area contributed by atoms with Crippen molar-refractivity contribution in [2.24, 2.45) is 5.73 Å². The molecule has 6 heteroatoms. The third kappa shape index (κ3) is 3.79. The highest BCUT2D eigenvalue weighted by atomic mass is 16.5. The van der Waals surface area contributed by atoms with Crippen LogP contribution in [-0.2, 0) is 33.8 Å². The first-order chi connectivity index (χ1) is 11.1. The lowest BCUT2D eigenvalue weighted by atomic mass is 9.79. The second-order valence-electron chi connectivity index (χ2n) is 5.60. The summed E-state index contributed by atoms with van der Waals surface area (Å²) in [5.74, 6) is -0.425. The van der Waals surface area contributed by atoms with E-state index in [1.54, 1.807) is 0 Å². The number of ether oxygens (including phenoxy) is 1. The Balaban J connectivity index is 1.56. The molecular weight excluding hydrogens is 293 g/mol. The number of rotatable bonds is 5. The van der Waals surface area contributed by atoms with E-state index >= 15 is 0 Å². The minimum Gasteiger partial charge on any atom is -0.460 e. The van der Waals surface area contributed by atoms with Gasteiger partial charge in [0, 0.05) is 0 Å². The molecule has 0 radical (unpaired) electrons. The van der Waals surface area contributed by atoms with E-state index in [1.165, 1.54) is 0 Å². The van der Waals surface area contributed by atoms with Crippen LogP contribution in [0.5, 0.6) is 0 Å². The first-order valence-corrected chi connectivity index (χ1v) is 7.51. The molecule has 0 amide bonds. The molecule has 0 aromatic heterocycles. The third-order valence-corrected chi connectivity index (χ3v) is 3.85. The molecule has 118 valence electrons. The van der Waals surface area contributed by atoms with E-state index in [4.69, 9.17) is 15.1 Å². The second-order valence-corrected chi connectivity index (χ2v) is 5.60. The van der Waals surface area contributed by atoms with Crippen molar-refractivity contribution in [2.45, 2.75) is 25.7 Å². The fraction of sp³-hybridized carbons (Fsp3) is 0.235.